The molecule has 2 heterocycles. The van der Waals surface area contributed by atoms with Crippen molar-refractivity contribution in [3.63, 3.8) is 0 Å². The molecule has 0 spiro atoms. The maximum atomic E-state index is 13.0. The van der Waals surface area contributed by atoms with Crippen LogP contribution in [0.1, 0.15) is 48.6 Å². The van der Waals surface area contributed by atoms with Crippen LogP contribution in [0.2, 0.25) is 0 Å². The number of hydrogen-bond acceptors (Lipinski definition) is 6. The first-order chi connectivity index (χ1) is 18.0. The molecule has 1 unspecified atom stereocenters. The van der Waals surface area contributed by atoms with E-state index in [1.54, 1.807) is 7.05 Å². The van der Waals surface area contributed by atoms with Gasteiger partial charge in [0.1, 0.15) is 6.29 Å². The summed E-state index contributed by atoms with van der Waals surface area (Å²) in [4.78, 5) is 42.6. The highest BCUT2D eigenvalue weighted by atomic mass is 16.2. The summed E-state index contributed by atoms with van der Waals surface area (Å²) in [6.45, 7) is 5.51. The van der Waals surface area contributed by atoms with E-state index in [0.29, 0.717) is 25.3 Å². The van der Waals surface area contributed by atoms with E-state index >= 15 is 0 Å². The maximum absolute atomic E-state index is 13.0. The molecule has 2 aliphatic heterocycles. The number of carbonyl (C=O) groups is 3. The molecule has 3 N–H and O–H groups in total. The van der Waals surface area contributed by atoms with Crippen LogP contribution in [0.3, 0.4) is 0 Å². The van der Waals surface area contributed by atoms with Gasteiger partial charge in [0.05, 0.1) is 6.54 Å². The van der Waals surface area contributed by atoms with Gasteiger partial charge in [-0.05, 0) is 60.6 Å². The molecule has 8 heteroatoms. The van der Waals surface area contributed by atoms with E-state index in [1.165, 1.54) is 5.56 Å². The number of carbonyl (C=O) groups excluding carboxylic acids is 3. The molecule has 0 saturated carbocycles. The van der Waals surface area contributed by atoms with Gasteiger partial charge >= 0.3 is 0 Å². The molecule has 2 amide bonds. The number of nitrogen functional groups attached to an aromatic ring is 1. The Kier molecular flexibility index (Phi) is 9.17. The lowest BCUT2D eigenvalue weighted by molar-refractivity contribution is -0.133. The van der Waals surface area contributed by atoms with Crippen molar-refractivity contribution in [2.45, 2.75) is 37.5 Å². The zero-order valence-corrected chi connectivity index (χ0v) is 21.8. The van der Waals surface area contributed by atoms with Crippen LogP contribution in [0.4, 0.5) is 11.4 Å². The summed E-state index contributed by atoms with van der Waals surface area (Å²) in [5.41, 5.74) is 9.97. The molecule has 2 aliphatic rings. The summed E-state index contributed by atoms with van der Waals surface area (Å²) in [6, 6.07) is 16.2. The second-order valence-electron chi connectivity index (χ2n) is 10.1. The highest BCUT2D eigenvalue weighted by Crippen LogP contribution is 2.29. The van der Waals surface area contributed by atoms with Gasteiger partial charge in [0.2, 0.25) is 11.8 Å². The van der Waals surface area contributed by atoms with Gasteiger partial charge in [-0.25, -0.2) is 0 Å². The van der Waals surface area contributed by atoms with Crippen LogP contribution in [-0.4, -0.2) is 80.8 Å². The van der Waals surface area contributed by atoms with Crippen LogP contribution < -0.4 is 16.0 Å². The molecule has 198 valence electrons. The van der Waals surface area contributed by atoms with E-state index in [4.69, 9.17) is 5.73 Å². The number of piperazine rings is 1. The lowest BCUT2D eigenvalue weighted by atomic mass is 9.89. The molecule has 2 saturated heterocycles. The molecule has 1 atom stereocenters. The number of benzene rings is 2. The first-order valence-electron chi connectivity index (χ1n) is 13.3. The Morgan fingerprint density at radius 3 is 2.22 bits per heavy atom. The number of likely N-dealkylation sites (tertiary alicyclic amines) is 1. The predicted octanol–water partition coefficient (Wildman–Crippen LogP) is 2.61. The van der Waals surface area contributed by atoms with E-state index in [9.17, 15) is 14.4 Å². The number of nitrogens with two attached hydrogens (primary N) is 1. The molecule has 8 nitrogen and oxygen atoms in total. The average molecular weight is 506 g/mol. The third-order valence-corrected chi connectivity index (χ3v) is 7.80. The number of hydrogen-bond donors (Lipinski definition) is 2. The summed E-state index contributed by atoms with van der Waals surface area (Å²) < 4.78 is 0. The Morgan fingerprint density at radius 2 is 1.62 bits per heavy atom. The average Bonchev–Trinajstić information content (AvgIpc) is 2.94. The summed E-state index contributed by atoms with van der Waals surface area (Å²) in [6.07, 6.45) is 3.76. The minimum Gasteiger partial charge on any atom is -0.399 e. The Bertz CT molecular complexity index is 1040. The van der Waals surface area contributed by atoms with Crippen molar-refractivity contribution in [1.82, 2.24) is 15.1 Å². The van der Waals surface area contributed by atoms with Crippen molar-refractivity contribution in [1.29, 1.82) is 0 Å². The SMILES string of the molecule is CNC(=O)CCC(C=O)c1ccc(N2CCN(CC(=O)N3CCC(c4ccc(N)cc4)CC3)CC2)cc1. The monoisotopic (exact) mass is 505 g/mol. The normalized spacial score (nSPS) is 17.9. The minimum atomic E-state index is -0.272. The maximum Gasteiger partial charge on any atom is 0.236 e. The van der Waals surface area contributed by atoms with Crippen LogP contribution in [0.15, 0.2) is 48.5 Å². The van der Waals surface area contributed by atoms with Crippen molar-refractivity contribution in [3.05, 3.63) is 59.7 Å². The Morgan fingerprint density at radius 1 is 0.973 bits per heavy atom. The van der Waals surface area contributed by atoms with E-state index in [-0.39, 0.29) is 17.7 Å². The molecule has 2 fully saturated rings. The Labute approximate surface area is 219 Å². The quantitative estimate of drug-likeness (QED) is 0.402. The lowest BCUT2D eigenvalue weighted by Crippen LogP contribution is -2.51. The van der Waals surface area contributed by atoms with Crippen LogP contribution in [0, 0.1) is 0 Å². The van der Waals surface area contributed by atoms with Crippen molar-refractivity contribution in [2.24, 2.45) is 0 Å². The summed E-state index contributed by atoms with van der Waals surface area (Å²) in [5, 5.41) is 2.60. The van der Waals surface area contributed by atoms with E-state index < -0.39 is 0 Å². The highest BCUT2D eigenvalue weighted by Gasteiger charge is 2.26. The number of anilines is 2. The van der Waals surface area contributed by atoms with E-state index in [2.05, 4.69) is 39.4 Å². The number of amides is 2. The fourth-order valence-electron chi connectivity index (χ4n) is 5.34. The number of aldehydes is 1. The topological polar surface area (TPSA) is 99.0 Å². The molecule has 4 rings (SSSR count). The van der Waals surface area contributed by atoms with Gasteiger partial charge in [0.25, 0.3) is 0 Å². The van der Waals surface area contributed by atoms with Crippen LogP contribution in [0.5, 0.6) is 0 Å². The van der Waals surface area contributed by atoms with Gasteiger partial charge in [-0.2, -0.15) is 0 Å². The first kappa shape index (κ1) is 26.7. The third-order valence-electron chi connectivity index (χ3n) is 7.80. The second kappa shape index (κ2) is 12.7. The molecule has 0 aromatic heterocycles. The standard InChI is InChI=1S/C29H39N5O3/c1-31-28(36)11-6-25(21-35)23-4-9-27(10-5-23)33-18-16-32(17-19-33)20-29(37)34-14-12-24(13-15-34)22-2-7-26(30)8-3-22/h2-5,7-10,21,24-25H,6,11-20,30H2,1H3,(H,31,36). The largest absolute Gasteiger partial charge is 0.399 e. The summed E-state index contributed by atoms with van der Waals surface area (Å²) in [7, 11) is 1.61. The van der Waals surface area contributed by atoms with Gasteiger partial charge in [-0.1, -0.05) is 24.3 Å². The van der Waals surface area contributed by atoms with Gasteiger partial charge in [-0.3, -0.25) is 14.5 Å². The summed E-state index contributed by atoms with van der Waals surface area (Å²) >= 11 is 0. The van der Waals surface area contributed by atoms with E-state index in [0.717, 1.165) is 75.3 Å². The third kappa shape index (κ3) is 7.10. The number of nitrogens with zero attached hydrogens (tertiary/aromatic N) is 3. The highest BCUT2D eigenvalue weighted by molar-refractivity contribution is 5.78. The lowest BCUT2D eigenvalue weighted by Gasteiger charge is -2.38. The number of nitrogens with one attached hydrogen (secondary N) is 1. The first-order valence-corrected chi connectivity index (χ1v) is 13.3. The molecule has 37 heavy (non-hydrogen) atoms. The second-order valence-corrected chi connectivity index (χ2v) is 10.1. The minimum absolute atomic E-state index is 0.0533. The van der Waals surface area contributed by atoms with Crippen molar-refractivity contribution < 1.29 is 14.4 Å². The van der Waals surface area contributed by atoms with Crippen molar-refractivity contribution >= 4 is 29.5 Å². The fourth-order valence-corrected chi connectivity index (χ4v) is 5.34. The van der Waals surface area contributed by atoms with Crippen molar-refractivity contribution in [2.75, 3.05) is 63.5 Å². The molecule has 0 aliphatic carbocycles. The molecule has 2 aromatic carbocycles. The molecular weight excluding hydrogens is 466 g/mol. The summed E-state index contributed by atoms with van der Waals surface area (Å²) in [5.74, 6) is 0.399. The Balaban J connectivity index is 1.21. The van der Waals surface area contributed by atoms with Crippen molar-refractivity contribution in [3.8, 4) is 0 Å². The Hall–Kier alpha value is -3.39. The molecule has 0 radical (unpaired) electrons. The van der Waals surface area contributed by atoms with Gasteiger partial charge in [0.15, 0.2) is 0 Å². The fraction of sp³-hybridized carbons (Fsp3) is 0.483. The number of rotatable bonds is 9. The number of piperidine rings is 1. The van der Waals surface area contributed by atoms with Crippen LogP contribution in [0.25, 0.3) is 0 Å². The molecule has 2 aromatic rings. The smallest absolute Gasteiger partial charge is 0.236 e. The molecule has 0 bridgehead atoms. The van der Waals surface area contributed by atoms with Gasteiger partial charge in [-0.15, -0.1) is 0 Å². The van der Waals surface area contributed by atoms with Gasteiger partial charge < -0.3 is 25.6 Å². The van der Waals surface area contributed by atoms with Crippen LogP contribution >= 0.6 is 0 Å². The predicted molar refractivity (Wildman–Crippen MR) is 147 cm³/mol. The zero-order chi connectivity index (χ0) is 26.2. The van der Waals surface area contributed by atoms with Crippen LogP contribution in [-0.2, 0) is 14.4 Å². The van der Waals surface area contributed by atoms with E-state index in [1.807, 2.05) is 29.2 Å². The van der Waals surface area contributed by atoms with Gasteiger partial charge in [0, 0.05) is 70.0 Å². The molecular formula is C29H39N5O3. The zero-order valence-electron chi connectivity index (χ0n) is 21.8.